The molecule has 1 aromatic rings. The van der Waals surface area contributed by atoms with Gasteiger partial charge < -0.3 is 11.1 Å². The Morgan fingerprint density at radius 3 is 2.81 bits per heavy atom. The fraction of sp³-hybridized carbons (Fsp3) is 0.571. The van der Waals surface area contributed by atoms with Gasteiger partial charge in [0.1, 0.15) is 0 Å². The summed E-state index contributed by atoms with van der Waals surface area (Å²) in [5, 5.41) is 3.67. The molecule has 3 N–H and O–H groups in total. The highest BCUT2D eigenvalue weighted by atomic mass is 15.0. The van der Waals surface area contributed by atoms with E-state index in [0.29, 0.717) is 18.1 Å². The average molecular weight is 218 g/mol. The van der Waals surface area contributed by atoms with Crippen LogP contribution in [0.2, 0.25) is 0 Å². The minimum Gasteiger partial charge on any atom is -0.328 e. The monoisotopic (exact) mass is 218 g/mol. The van der Waals surface area contributed by atoms with E-state index >= 15 is 0 Å². The summed E-state index contributed by atoms with van der Waals surface area (Å²) in [4.78, 5) is 0. The van der Waals surface area contributed by atoms with Gasteiger partial charge in [0.05, 0.1) is 0 Å². The molecule has 0 heterocycles. The van der Waals surface area contributed by atoms with Crippen LogP contribution in [-0.2, 0) is 0 Å². The van der Waals surface area contributed by atoms with Gasteiger partial charge in [-0.3, -0.25) is 0 Å². The van der Waals surface area contributed by atoms with Crippen LogP contribution in [0.1, 0.15) is 43.4 Å². The number of nitrogens with one attached hydrogen (secondary N) is 1. The van der Waals surface area contributed by atoms with E-state index in [-0.39, 0.29) is 0 Å². The van der Waals surface area contributed by atoms with Crippen LogP contribution in [-0.4, -0.2) is 12.1 Å². The second-order valence-electron chi connectivity index (χ2n) is 5.07. The van der Waals surface area contributed by atoms with Crippen molar-refractivity contribution in [3.63, 3.8) is 0 Å². The van der Waals surface area contributed by atoms with E-state index in [9.17, 15) is 0 Å². The molecule has 0 bridgehead atoms. The van der Waals surface area contributed by atoms with Gasteiger partial charge in [0.25, 0.3) is 0 Å². The fourth-order valence-corrected chi connectivity index (χ4v) is 2.56. The molecule has 0 saturated heterocycles. The summed E-state index contributed by atoms with van der Waals surface area (Å²) in [5.41, 5.74) is 8.63. The first kappa shape index (κ1) is 11.6. The van der Waals surface area contributed by atoms with Crippen molar-refractivity contribution >= 4 is 0 Å². The Kier molecular flexibility index (Phi) is 3.62. The highest BCUT2D eigenvalue weighted by Gasteiger charge is 2.22. The van der Waals surface area contributed by atoms with Crippen molar-refractivity contribution in [3.8, 4) is 0 Å². The first-order valence-corrected chi connectivity index (χ1v) is 6.23. The molecular weight excluding hydrogens is 196 g/mol. The smallest absolute Gasteiger partial charge is 0.0294 e. The van der Waals surface area contributed by atoms with Gasteiger partial charge >= 0.3 is 0 Å². The van der Waals surface area contributed by atoms with Crippen LogP contribution in [0.25, 0.3) is 0 Å². The maximum Gasteiger partial charge on any atom is 0.0294 e. The Balaban J connectivity index is 1.95. The van der Waals surface area contributed by atoms with Crippen LogP contribution in [0, 0.1) is 6.92 Å². The molecule has 0 aromatic heterocycles. The highest BCUT2D eigenvalue weighted by molar-refractivity contribution is 5.24. The van der Waals surface area contributed by atoms with E-state index in [1.807, 2.05) is 0 Å². The van der Waals surface area contributed by atoms with Crippen molar-refractivity contribution in [2.24, 2.45) is 5.73 Å². The maximum absolute atomic E-state index is 5.92. The van der Waals surface area contributed by atoms with Gasteiger partial charge in [-0.05, 0) is 38.7 Å². The number of hydrogen-bond donors (Lipinski definition) is 2. The number of rotatable bonds is 3. The zero-order valence-corrected chi connectivity index (χ0v) is 10.2. The molecule has 0 amide bonds. The molecule has 88 valence electrons. The summed E-state index contributed by atoms with van der Waals surface area (Å²) in [5.74, 6) is 0. The topological polar surface area (TPSA) is 38.0 Å². The van der Waals surface area contributed by atoms with Gasteiger partial charge in [-0.1, -0.05) is 29.8 Å². The van der Waals surface area contributed by atoms with Gasteiger partial charge in [0, 0.05) is 18.1 Å². The molecule has 2 unspecified atom stereocenters. The molecule has 16 heavy (non-hydrogen) atoms. The molecule has 3 atom stereocenters. The zero-order valence-electron chi connectivity index (χ0n) is 10.2. The molecular formula is C14H22N2. The van der Waals surface area contributed by atoms with Crippen LogP contribution >= 0.6 is 0 Å². The Morgan fingerprint density at radius 2 is 2.19 bits per heavy atom. The second-order valence-corrected chi connectivity index (χ2v) is 5.07. The van der Waals surface area contributed by atoms with Gasteiger partial charge in [-0.2, -0.15) is 0 Å². The van der Waals surface area contributed by atoms with Gasteiger partial charge in [0.15, 0.2) is 0 Å². The lowest BCUT2D eigenvalue weighted by Gasteiger charge is -2.20. The number of aryl methyl sites for hydroxylation is 1. The van der Waals surface area contributed by atoms with Crippen molar-refractivity contribution < 1.29 is 0 Å². The third-order valence-electron chi connectivity index (χ3n) is 3.50. The maximum atomic E-state index is 5.92. The van der Waals surface area contributed by atoms with Gasteiger partial charge in [-0.15, -0.1) is 0 Å². The largest absolute Gasteiger partial charge is 0.328 e. The SMILES string of the molecule is Cc1cccc([C@@H](C)NC2CCC(N)C2)c1. The number of nitrogens with two attached hydrogens (primary N) is 1. The third-order valence-corrected chi connectivity index (χ3v) is 3.50. The molecule has 2 heteroatoms. The van der Waals surface area contributed by atoms with E-state index < -0.39 is 0 Å². The molecule has 0 spiro atoms. The molecule has 1 saturated carbocycles. The van der Waals surface area contributed by atoms with E-state index in [1.165, 1.54) is 17.5 Å². The van der Waals surface area contributed by atoms with Crippen LogP contribution in [0.3, 0.4) is 0 Å². The predicted molar refractivity (Wildman–Crippen MR) is 68.3 cm³/mol. The lowest BCUT2D eigenvalue weighted by atomic mass is 10.0. The van der Waals surface area contributed by atoms with Crippen molar-refractivity contribution in [2.45, 2.75) is 51.2 Å². The Bertz CT molecular complexity index is 348. The minimum absolute atomic E-state index is 0.405. The van der Waals surface area contributed by atoms with Crippen LogP contribution in [0.5, 0.6) is 0 Å². The Morgan fingerprint density at radius 1 is 1.38 bits per heavy atom. The minimum atomic E-state index is 0.405. The molecule has 0 radical (unpaired) electrons. The average Bonchev–Trinajstić information content (AvgIpc) is 2.64. The first-order chi connectivity index (χ1) is 7.65. The Hall–Kier alpha value is -0.860. The zero-order chi connectivity index (χ0) is 11.5. The summed E-state index contributed by atoms with van der Waals surface area (Å²) in [7, 11) is 0. The van der Waals surface area contributed by atoms with Crippen molar-refractivity contribution in [1.29, 1.82) is 0 Å². The summed E-state index contributed by atoms with van der Waals surface area (Å²) >= 11 is 0. The van der Waals surface area contributed by atoms with Crippen molar-refractivity contribution in [3.05, 3.63) is 35.4 Å². The number of benzene rings is 1. The molecule has 0 aliphatic heterocycles. The van der Waals surface area contributed by atoms with Gasteiger partial charge in [-0.25, -0.2) is 0 Å². The lowest BCUT2D eigenvalue weighted by molar-refractivity contribution is 0.457. The second kappa shape index (κ2) is 4.98. The lowest BCUT2D eigenvalue weighted by Crippen LogP contribution is -2.30. The van der Waals surface area contributed by atoms with E-state index in [4.69, 9.17) is 5.73 Å². The summed E-state index contributed by atoms with van der Waals surface area (Å²) in [6.07, 6.45) is 3.51. The summed E-state index contributed by atoms with van der Waals surface area (Å²) in [6, 6.07) is 10.2. The molecule has 1 aliphatic carbocycles. The quantitative estimate of drug-likeness (QED) is 0.818. The van der Waals surface area contributed by atoms with Crippen molar-refractivity contribution in [1.82, 2.24) is 5.32 Å². The molecule has 1 fully saturated rings. The normalized spacial score (nSPS) is 26.9. The van der Waals surface area contributed by atoms with Crippen LogP contribution in [0.4, 0.5) is 0 Å². The third kappa shape index (κ3) is 2.83. The number of hydrogen-bond acceptors (Lipinski definition) is 2. The molecule has 1 aliphatic rings. The highest BCUT2D eigenvalue weighted by Crippen LogP contribution is 2.21. The van der Waals surface area contributed by atoms with Gasteiger partial charge in [0.2, 0.25) is 0 Å². The van der Waals surface area contributed by atoms with Crippen LogP contribution in [0.15, 0.2) is 24.3 Å². The van der Waals surface area contributed by atoms with E-state index in [2.05, 4.69) is 43.4 Å². The molecule has 1 aromatic carbocycles. The first-order valence-electron chi connectivity index (χ1n) is 6.23. The van der Waals surface area contributed by atoms with E-state index in [1.54, 1.807) is 0 Å². The van der Waals surface area contributed by atoms with E-state index in [0.717, 1.165) is 12.8 Å². The standard InChI is InChI=1S/C14H22N2/c1-10-4-3-5-12(8-10)11(2)16-14-7-6-13(15)9-14/h3-5,8,11,13-14,16H,6-7,9,15H2,1-2H3/t11-,13?,14?/m1/s1. The van der Waals surface area contributed by atoms with Crippen molar-refractivity contribution in [2.75, 3.05) is 0 Å². The Labute approximate surface area is 98.2 Å². The van der Waals surface area contributed by atoms with Crippen LogP contribution < -0.4 is 11.1 Å². The summed E-state index contributed by atoms with van der Waals surface area (Å²) < 4.78 is 0. The molecule has 2 rings (SSSR count). The summed E-state index contributed by atoms with van der Waals surface area (Å²) in [6.45, 7) is 4.38. The molecule has 2 nitrogen and oxygen atoms in total. The fourth-order valence-electron chi connectivity index (χ4n) is 2.56. The predicted octanol–water partition coefficient (Wildman–Crippen LogP) is 2.53.